The Morgan fingerprint density at radius 2 is 1.51 bits per heavy atom. The van der Waals surface area contributed by atoms with Gasteiger partial charge in [0.15, 0.2) is 12.2 Å². The standard InChI is InChI=1S/C51H54O8/c1-32(2)41-23-22-33-16-18-36(19-17-33)28-38(21-20-35-12-9-13-37(27-35)26-34-10-5-4-6-11-34)29-44(53)57-48-46-43(25-24-42-39(31-52)30-45(54)56-47(42)46)59-51(3,40-14-7-8-15-40)49(48)58-50(41)55/h4-6,9-13,16-19,24-25,27,30,38,40,48-49,52H,7-8,14-15,20-23,26,28-29,31H2,1-3H3. The molecule has 1 fully saturated rings. The lowest BCUT2D eigenvalue weighted by Gasteiger charge is -2.48. The zero-order valence-electron chi connectivity index (χ0n) is 34.3. The number of fused-ring (bicyclic) bond motifs is 13. The number of esters is 2. The van der Waals surface area contributed by atoms with Gasteiger partial charge in [0.25, 0.3) is 0 Å². The van der Waals surface area contributed by atoms with Gasteiger partial charge in [-0.25, -0.2) is 9.59 Å². The van der Waals surface area contributed by atoms with Crippen molar-refractivity contribution in [1.82, 2.24) is 0 Å². The van der Waals surface area contributed by atoms with Crippen LogP contribution in [0.5, 0.6) is 5.75 Å². The van der Waals surface area contributed by atoms with Gasteiger partial charge in [0.05, 0.1) is 12.2 Å². The smallest absolute Gasteiger partial charge is 0.336 e. The Bertz CT molecular complexity index is 2400. The van der Waals surface area contributed by atoms with Crippen molar-refractivity contribution in [2.75, 3.05) is 0 Å². The van der Waals surface area contributed by atoms with E-state index in [1.807, 2.05) is 26.8 Å². The predicted octanol–water partition coefficient (Wildman–Crippen LogP) is 9.88. The number of aliphatic hydroxyl groups excluding tert-OH is 1. The van der Waals surface area contributed by atoms with Crippen molar-refractivity contribution < 1.29 is 33.3 Å². The summed E-state index contributed by atoms with van der Waals surface area (Å²) in [5.41, 5.74) is 6.50. The summed E-state index contributed by atoms with van der Waals surface area (Å²) in [4.78, 5) is 42.1. The van der Waals surface area contributed by atoms with E-state index < -0.39 is 42.0 Å². The minimum Gasteiger partial charge on any atom is -0.483 e. The van der Waals surface area contributed by atoms with Gasteiger partial charge in [-0.1, -0.05) is 97.3 Å². The van der Waals surface area contributed by atoms with Crippen molar-refractivity contribution in [3.05, 3.63) is 158 Å². The van der Waals surface area contributed by atoms with E-state index in [1.54, 1.807) is 12.1 Å². The van der Waals surface area contributed by atoms with E-state index in [2.05, 4.69) is 72.8 Å². The van der Waals surface area contributed by atoms with Crippen LogP contribution in [0, 0.1) is 11.8 Å². The van der Waals surface area contributed by atoms with Crippen LogP contribution in [0.1, 0.15) is 111 Å². The zero-order valence-corrected chi connectivity index (χ0v) is 34.3. The molecule has 1 aliphatic carbocycles. The van der Waals surface area contributed by atoms with Crippen LogP contribution in [0.4, 0.5) is 0 Å². The summed E-state index contributed by atoms with van der Waals surface area (Å²) >= 11 is 0. The van der Waals surface area contributed by atoms with Crippen LogP contribution in [0.25, 0.3) is 11.0 Å². The van der Waals surface area contributed by atoms with Crippen molar-refractivity contribution in [2.45, 2.75) is 116 Å². The Balaban J connectivity index is 1.19. The van der Waals surface area contributed by atoms with Crippen LogP contribution in [0.2, 0.25) is 0 Å². The fraction of sp³-hybridized carbons (Fsp3) is 0.392. The summed E-state index contributed by atoms with van der Waals surface area (Å²) in [6, 6.07) is 32.4. The molecule has 0 amide bonds. The molecule has 9 rings (SSSR count). The molecule has 4 atom stereocenters. The van der Waals surface area contributed by atoms with Crippen LogP contribution >= 0.6 is 0 Å². The second kappa shape index (κ2) is 17.4. The van der Waals surface area contributed by atoms with Crippen molar-refractivity contribution in [2.24, 2.45) is 11.8 Å². The van der Waals surface area contributed by atoms with Gasteiger partial charge < -0.3 is 23.7 Å². The molecule has 8 heteroatoms. The maximum Gasteiger partial charge on any atom is 0.336 e. The summed E-state index contributed by atoms with van der Waals surface area (Å²) in [6.45, 7) is 5.39. The molecule has 4 aromatic carbocycles. The normalized spacial score (nSPS) is 22.6. The predicted molar refractivity (Wildman–Crippen MR) is 227 cm³/mol. The third-order valence-corrected chi connectivity index (χ3v) is 12.9. The molecule has 0 saturated heterocycles. The first-order valence-corrected chi connectivity index (χ1v) is 21.2. The number of hydrogen-bond acceptors (Lipinski definition) is 8. The highest BCUT2D eigenvalue weighted by Gasteiger charge is 2.57. The number of allylic oxidation sites excluding steroid dienone is 1. The second-order valence-electron chi connectivity index (χ2n) is 17.2. The average molecular weight is 795 g/mol. The molecule has 3 aliphatic heterocycles. The average Bonchev–Trinajstić information content (AvgIpc) is 3.78. The molecule has 4 aliphatic rings. The summed E-state index contributed by atoms with van der Waals surface area (Å²) in [7, 11) is 0. The molecule has 59 heavy (non-hydrogen) atoms. The Labute approximate surface area is 346 Å². The van der Waals surface area contributed by atoms with E-state index in [0.717, 1.165) is 61.6 Å². The van der Waals surface area contributed by atoms with Gasteiger partial charge >= 0.3 is 17.6 Å². The van der Waals surface area contributed by atoms with E-state index >= 15 is 0 Å². The molecule has 5 aromatic rings. The largest absolute Gasteiger partial charge is 0.483 e. The number of aryl methyl sites for hydroxylation is 2. The molecule has 0 radical (unpaired) electrons. The number of carbonyl (C=O) groups excluding carboxylic acids is 2. The summed E-state index contributed by atoms with van der Waals surface area (Å²) in [5.74, 6) is -0.585. The van der Waals surface area contributed by atoms with Crippen LogP contribution in [-0.4, -0.2) is 28.8 Å². The molecule has 1 N–H and O–H groups in total. The third kappa shape index (κ3) is 8.79. The van der Waals surface area contributed by atoms with Gasteiger partial charge in [-0.15, -0.1) is 0 Å². The number of rotatable bonds is 7. The lowest BCUT2D eigenvalue weighted by molar-refractivity contribution is -0.199. The van der Waals surface area contributed by atoms with Gasteiger partial charge in [0.1, 0.15) is 16.9 Å². The Morgan fingerprint density at radius 1 is 0.780 bits per heavy atom. The number of aliphatic hydroxyl groups is 1. The number of hydrogen-bond donors (Lipinski definition) is 1. The zero-order chi connectivity index (χ0) is 41.1. The Hall–Kier alpha value is -5.47. The monoisotopic (exact) mass is 794 g/mol. The van der Waals surface area contributed by atoms with Gasteiger partial charge in [-0.2, -0.15) is 0 Å². The number of carbonyl (C=O) groups is 2. The number of benzene rings is 4. The molecule has 2 bridgehead atoms. The summed E-state index contributed by atoms with van der Waals surface area (Å²) in [5, 5.41) is 10.8. The Morgan fingerprint density at radius 3 is 2.25 bits per heavy atom. The molecule has 4 heterocycles. The van der Waals surface area contributed by atoms with Crippen LogP contribution in [0.15, 0.2) is 117 Å². The minimum atomic E-state index is -1.15. The molecule has 1 saturated carbocycles. The lowest BCUT2D eigenvalue weighted by Crippen LogP contribution is -2.58. The molecular formula is C51H54O8. The molecule has 306 valence electrons. The van der Waals surface area contributed by atoms with Crippen LogP contribution < -0.4 is 10.4 Å². The van der Waals surface area contributed by atoms with E-state index in [-0.39, 0.29) is 23.8 Å². The molecular weight excluding hydrogens is 741 g/mol. The topological polar surface area (TPSA) is 112 Å². The third-order valence-electron chi connectivity index (χ3n) is 12.9. The number of ether oxygens (including phenoxy) is 3. The summed E-state index contributed by atoms with van der Waals surface area (Å²) < 4.78 is 26.1. The SMILES string of the molecule is CC(C)=C1CCc2ccc(cc2)CC(CCc2cccc(Cc3ccccc3)c2)CC(=O)OC2c3c(ccc4c(CO)cc(=O)oc34)OC(C)(C3CCCC3)C2OC1=O. The van der Waals surface area contributed by atoms with Gasteiger partial charge in [-0.3, -0.25) is 4.79 Å². The van der Waals surface area contributed by atoms with E-state index in [4.69, 9.17) is 18.6 Å². The van der Waals surface area contributed by atoms with Crippen molar-refractivity contribution >= 4 is 22.9 Å². The maximum absolute atomic E-state index is 14.6. The molecule has 4 unspecified atom stereocenters. The van der Waals surface area contributed by atoms with Gasteiger partial charge in [0.2, 0.25) is 0 Å². The van der Waals surface area contributed by atoms with E-state index in [1.165, 1.54) is 22.8 Å². The first-order valence-electron chi connectivity index (χ1n) is 21.2. The van der Waals surface area contributed by atoms with Crippen molar-refractivity contribution in [1.29, 1.82) is 0 Å². The van der Waals surface area contributed by atoms with E-state index in [9.17, 15) is 19.5 Å². The van der Waals surface area contributed by atoms with E-state index in [0.29, 0.717) is 47.1 Å². The lowest BCUT2D eigenvalue weighted by atomic mass is 9.76. The van der Waals surface area contributed by atoms with Crippen molar-refractivity contribution in [3.8, 4) is 5.75 Å². The highest BCUT2D eigenvalue weighted by molar-refractivity contribution is 5.90. The highest BCUT2D eigenvalue weighted by Crippen LogP contribution is 2.52. The minimum absolute atomic E-state index is 0.00486. The van der Waals surface area contributed by atoms with Crippen LogP contribution in [-0.2, 0) is 51.4 Å². The molecule has 1 aromatic heterocycles. The van der Waals surface area contributed by atoms with Gasteiger partial charge in [0, 0.05) is 29.4 Å². The second-order valence-corrected chi connectivity index (χ2v) is 17.2. The molecule has 8 nitrogen and oxygen atoms in total. The fourth-order valence-corrected chi connectivity index (χ4v) is 9.63. The fourth-order valence-electron chi connectivity index (χ4n) is 9.63. The maximum atomic E-state index is 14.6. The van der Waals surface area contributed by atoms with Gasteiger partial charge in [-0.05, 0) is 124 Å². The first kappa shape index (κ1) is 40.3. The summed E-state index contributed by atoms with van der Waals surface area (Å²) in [6.07, 6.45) is 5.81. The van der Waals surface area contributed by atoms with Crippen LogP contribution in [0.3, 0.4) is 0 Å². The van der Waals surface area contributed by atoms with Crippen molar-refractivity contribution in [3.63, 3.8) is 0 Å². The molecule has 0 spiro atoms. The Kier molecular flexibility index (Phi) is 11.9. The highest BCUT2D eigenvalue weighted by atomic mass is 16.6. The first-order chi connectivity index (χ1) is 28.6. The quantitative estimate of drug-likeness (QED) is 0.0985.